The zero-order valence-corrected chi connectivity index (χ0v) is 19.4. The van der Waals surface area contributed by atoms with Gasteiger partial charge in [0, 0.05) is 61.4 Å². The van der Waals surface area contributed by atoms with E-state index in [0.29, 0.717) is 41.3 Å². The van der Waals surface area contributed by atoms with Crippen LogP contribution in [0, 0.1) is 6.92 Å². The molecule has 0 atom stereocenters. The van der Waals surface area contributed by atoms with Crippen molar-refractivity contribution in [1.82, 2.24) is 15.2 Å². The summed E-state index contributed by atoms with van der Waals surface area (Å²) >= 11 is 12.1. The molecule has 2 aromatic carbocycles. The number of carbonyl (C=O) groups is 1. The number of amides is 2. The zero-order chi connectivity index (χ0) is 22.7. The van der Waals surface area contributed by atoms with Crippen molar-refractivity contribution < 1.29 is 13.9 Å². The maximum atomic E-state index is 12.6. The monoisotopic (exact) mass is 474 g/mol. The fraction of sp³-hybridized carbons (Fsp3) is 0.304. The minimum absolute atomic E-state index is 0.107. The number of halogens is 2. The molecule has 2 heterocycles. The Morgan fingerprint density at radius 2 is 1.94 bits per heavy atom. The summed E-state index contributed by atoms with van der Waals surface area (Å²) < 4.78 is 11.2. The van der Waals surface area contributed by atoms with Crippen molar-refractivity contribution in [3.05, 3.63) is 64.1 Å². The highest BCUT2D eigenvalue weighted by molar-refractivity contribution is 6.35. The quantitative estimate of drug-likeness (QED) is 0.563. The summed E-state index contributed by atoms with van der Waals surface area (Å²) in [5.74, 6) is 2.01. The topological polar surface area (TPSA) is 70.8 Å². The van der Waals surface area contributed by atoms with E-state index in [1.54, 1.807) is 25.4 Å². The van der Waals surface area contributed by atoms with Gasteiger partial charge in [-0.1, -0.05) is 29.3 Å². The maximum Gasteiger partial charge on any atom is 0.317 e. The van der Waals surface area contributed by atoms with E-state index in [0.717, 1.165) is 35.7 Å². The van der Waals surface area contributed by atoms with Crippen LogP contribution in [0.2, 0.25) is 10.0 Å². The number of ether oxygens (including phenoxy) is 1. The lowest BCUT2D eigenvalue weighted by Crippen LogP contribution is -2.51. The zero-order valence-electron chi connectivity index (χ0n) is 17.9. The Kier molecular flexibility index (Phi) is 6.77. The number of carbonyl (C=O) groups excluding carboxylic acids is 1. The lowest BCUT2D eigenvalue weighted by molar-refractivity contribution is 0.194. The summed E-state index contributed by atoms with van der Waals surface area (Å²) in [7, 11) is 1.64. The van der Waals surface area contributed by atoms with Crippen molar-refractivity contribution in [3.8, 4) is 17.1 Å². The van der Waals surface area contributed by atoms with Gasteiger partial charge in [-0.2, -0.15) is 0 Å². The van der Waals surface area contributed by atoms with Crippen LogP contribution in [-0.4, -0.2) is 49.2 Å². The number of oxazole rings is 1. The van der Waals surface area contributed by atoms with Gasteiger partial charge in [0.15, 0.2) is 11.7 Å². The van der Waals surface area contributed by atoms with Gasteiger partial charge in [-0.3, -0.25) is 0 Å². The number of nitrogens with one attached hydrogen (secondary N) is 1. The summed E-state index contributed by atoms with van der Waals surface area (Å²) in [6.07, 6.45) is 1.70. The second kappa shape index (κ2) is 9.71. The Bertz CT molecular complexity index is 1110. The third-order valence-electron chi connectivity index (χ3n) is 5.45. The van der Waals surface area contributed by atoms with E-state index in [-0.39, 0.29) is 6.03 Å². The van der Waals surface area contributed by atoms with Crippen LogP contribution in [-0.2, 0) is 6.54 Å². The van der Waals surface area contributed by atoms with Crippen LogP contribution in [0.5, 0.6) is 5.75 Å². The minimum atomic E-state index is -0.107. The van der Waals surface area contributed by atoms with Gasteiger partial charge in [0.25, 0.3) is 0 Å². The average molecular weight is 475 g/mol. The molecule has 9 heteroatoms. The second-order valence-electron chi connectivity index (χ2n) is 7.50. The second-order valence-corrected chi connectivity index (χ2v) is 8.34. The summed E-state index contributed by atoms with van der Waals surface area (Å²) in [5.41, 5.74) is 2.72. The molecule has 32 heavy (non-hydrogen) atoms. The molecule has 1 aliphatic rings. The summed E-state index contributed by atoms with van der Waals surface area (Å²) in [5, 5.41) is 4.05. The summed E-state index contributed by atoms with van der Waals surface area (Å²) in [4.78, 5) is 20.8. The van der Waals surface area contributed by atoms with Gasteiger partial charge in [0.2, 0.25) is 0 Å². The maximum absolute atomic E-state index is 12.6. The van der Waals surface area contributed by atoms with E-state index in [9.17, 15) is 4.79 Å². The van der Waals surface area contributed by atoms with Crippen LogP contribution in [0.25, 0.3) is 11.3 Å². The number of methoxy groups -OCH3 is 1. The Balaban J connectivity index is 1.35. The summed E-state index contributed by atoms with van der Waals surface area (Å²) in [6, 6.07) is 11.1. The van der Waals surface area contributed by atoms with Gasteiger partial charge >= 0.3 is 6.03 Å². The molecule has 168 valence electrons. The molecular formula is C23H24Cl2N4O3. The summed E-state index contributed by atoms with van der Waals surface area (Å²) in [6.45, 7) is 4.84. The van der Waals surface area contributed by atoms with E-state index in [1.807, 2.05) is 36.1 Å². The fourth-order valence-electron chi connectivity index (χ4n) is 3.68. The smallest absolute Gasteiger partial charge is 0.317 e. The van der Waals surface area contributed by atoms with Gasteiger partial charge in [0.1, 0.15) is 5.75 Å². The molecule has 1 N–H and O–H groups in total. The molecule has 1 saturated heterocycles. The van der Waals surface area contributed by atoms with E-state index in [2.05, 4.69) is 15.2 Å². The molecule has 4 rings (SSSR count). The Labute approximate surface area is 196 Å². The number of anilines is 1. The normalized spacial score (nSPS) is 13.9. The molecule has 0 aliphatic carbocycles. The Morgan fingerprint density at radius 3 is 2.59 bits per heavy atom. The minimum Gasteiger partial charge on any atom is -0.496 e. The molecule has 0 radical (unpaired) electrons. The highest BCUT2D eigenvalue weighted by Gasteiger charge is 2.22. The highest BCUT2D eigenvalue weighted by Crippen LogP contribution is 2.34. The molecule has 0 saturated carbocycles. The largest absolute Gasteiger partial charge is 0.496 e. The number of hydrogen-bond acceptors (Lipinski definition) is 5. The molecule has 1 aliphatic heterocycles. The number of benzene rings is 2. The van der Waals surface area contributed by atoms with Gasteiger partial charge < -0.3 is 24.3 Å². The van der Waals surface area contributed by atoms with Gasteiger partial charge in [-0.25, -0.2) is 9.78 Å². The first kappa shape index (κ1) is 22.3. The van der Waals surface area contributed by atoms with Crippen LogP contribution in [0.15, 0.2) is 47.0 Å². The number of piperazine rings is 1. The van der Waals surface area contributed by atoms with Gasteiger partial charge in [-0.15, -0.1) is 0 Å². The van der Waals surface area contributed by atoms with E-state index in [4.69, 9.17) is 32.4 Å². The van der Waals surface area contributed by atoms with Gasteiger partial charge in [-0.05, 0) is 29.8 Å². The molecule has 0 bridgehead atoms. The van der Waals surface area contributed by atoms with Crippen LogP contribution < -0.4 is 15.0 Å². The number of aryl methyl sites for hydroxylation is 1. The number of rotatable bonds is 5. The van der Waals surface area contributed by atoms with Crippen molar-refractivity contribution in [3.63, 3.8) is 0 Å². The lowest BCUT2D eigenvalue weighted by Gasteiger charge is -2.36. The van der Waals surface area contributed by atoms with Crippen LogP contribution in [0.1, 0.15) is 11.5 Å². The molecule has 2 amide bonds. The first-order valence-electron chi connectivity index (χ1n) is 10.3. The Morgan fingerprint density at radius 1 is 1.16 bits per heavy atom. The van der Waals surface area contributed by atoms with Crippen molar-refractivity contribution in [2.24, 2.45) is 0 Å². The van der Waals surface area contributed by atoms with E-state index in [1.165, 1.54) is 0 Å². The number of aromatic nitrogens is 1. The van der Waals surface area contributed by atoms with Crippen molar-refractivity contribution in [1.29, 1.82) is 0 Å². The molecule has 3 aromatic rings. The third kappa shape index (κ3) is 4.95. The molecule has 1 fully saturated rings. The fourth-order valence-corrected chi connectivity index (χ4v) is 4.16. The standard InChI is InChI=1S/C23H24Cl2N4O3/c1-15-26-14-22(32-15)19-6-5-18(12-21(19)31-2)28-7-9-29(10-8-28)23(30)27-13-16-3-4-17(24)11-20(16)25/h3-6,11-12,14H,7-10,13H2,1-2H3,(H,27,30). The third-order valence-corrected chi connectivity index (χ3v) is 6.04. The lowest BCUT2D eigenvalue weighted by atomic mass is 10.1. The molecule has 1 aromatic heterocycles. The average Bonchev–Trinajstić information content (AvgIpc) is 3.24. The van der Waals surface area contributed by atoms with Crippen molar-refractivity contribution in [2.75, 3.05) is 38.2 Å². The number of nitrogens with zero attached hydrogens (tertiary/aromatic N) is 3. The predicted octanol–water partition coefficient (Wildman–Crippen LogP) is 5.00. The first-order chi connectivity index (χ1) is 15.4. The van der Waals surface area contributed by atoms with Crippen molar-refractivity contribution in [2.45, 2.75) is 13.5 Å². The Hall–Kier alpha value is -2.90. The van der Waals surface area contributed by atoms with E-state index >= 15 is 0 Å². The van der Waals surface area contributed by atoms with Crippen molar-refractivity contribution >= 4 is 34.9 Å². The van der Waals surface area contributed by atoms with Gasteiger partial charge in [0.05, 0.1) is 18.9 Å². The highest BCUT2D eigenvalue weighted by atomic mass is 35.5. The molecule has 0 unspecified atom stereocenters. The first-order valence-corrected chi connectivity index (χ1v) is 11.0. The number of hydrogen-bond donors (Lipinski definition) is 1. The van der Waals surface area contributed by atoms with Crippen LogP contribution >= 0.6 is 23.2 Å². The van der Waals surface area contributed by atoms with E-state index < -0.39 is 0 Å². The predicted molar refractivity (Wildman–Crippen MR) is 126 cm³/mol. The SMILES string of the molecule is COc1cc(N2CCN(C(=O)NCc3ccc(Cl)cc3Cl)CC2)ccc1-c1cnc(C)o1. The molecule has 7 nitrogen and oxygen atoms in total. The van der Waals surface area contributed by atoms with Crippen LogP contribution in [0.4, 0.5) is 10.5 Å². The molecule has 0 spiro atoms. The number of urea groups is 1. The molecular weight excluding hydrogens is 451 g/mol. The van der Waals surface area contributed by atoms with Crippen LogP contribution in [0.3, 0.4) is 0 Å².